The van der Waals surface area contributed by atoms with Crippen molar-refractivity contribution in [1.82, 2.24) is 4.90 Å². The predicted octanol–water partition coefficient (Wildman–Crippen LogP) is 1.66. The summed E-state index contributed by atoms with van der Waals surface area (Å²) in [6, 6.07) is 8.75. The number of benzene rings is 1. The molecule has 94 valence electrons. The van der Waals surface area contributed by atoms with Crippen LogP contribution >= 0.6 is 0 Å². The number of ether oxygens (including phenoxy) is 1. The van der Waals surface area contributed by atoms with Crippen LogP contribution in [0, 0.1) is 0 Å². The molecule has 17 heavy (non-hydrogen) atoms. The maximum atomic E-state index is 5.88. The van der Waals surface area contributed by atoms with E-state index >= 15 is 0 Å². The molecule has 1 aliphatic rings. The van der Waals surface area contributed by atoms with Crippen molar-refractivity contribution >= 4 is 0 Å². The van der Waals surface area contributed by atoms with Crippen LogP contribution in [0.5, 0.6) is 5.75 Å². The summed E-state index contributed by atoms with van der Waals surface area (Å²) in [5.41, 5.74) is 7.27. The number of rotatable bonds is 5. The molecule has 0 aliphatic carbocycles. The summed E-state index contributed by atoms with van der Waals surface area (Å²) in [6.07, 6.45) is 3.50. The van der Waals surface area contributed by atoms with E-state index in [4.69, 9.17) is 10.5 Å². The molecule has 1 fully saturated rings. The highest BCUT2D eigenvalue weighted by atomic mass is 16.5. The van der Waals surface area contributed by atoms with Crippen LogP contribution in [0.25, 0.3) is 0 Å². The van der Waals surface area contributed by atoms with Crippen LogP contribution in [-0.2, 0) is 6.42 Å². The van der Waals surface area contributed by atoms with E-state index in [9.17, 15) is 0 Å². The molecule has 3 heteroatoms. The lowest BCUT2D eigenvalue weighted by Crippen LogP contribution is -2.27. The van der Waals surface area contributed by atoms with Crippen LogP contribution < -0.4 is 10.5 Å². The van der Waals surface area contributed by atoms with E-state index in [0.717, 1.165) is 25.1 Å². The minimum absolute atomic E-state index is 0.399. The van der Waals surface area contributed by atoms with Gasteiger partial charge in [-0.25, -0.2) is 0 Å². The van der Waals surface area contributed by atoms with Crippen molar-refractivity contribution in [3.63, 3.8) is 0 Å². The Bertz CT molecular complexity index is 337. The van der Waals surface area contributed by atoms with E-state index < -0.39 is 0 Å². The minimum Gasteiger partial charge on any atom is -0.497 e. The summed E-state index contributed by atoms with van der Waals surface area (Å²) in [4.78, 5) is 2.47. The molecule has 2 N–H and O–H groups in total. The second-order valence-corrected chi connectivity index (χ2v) is 4.80. The van der Waals surface area contributed by atoms with Gasteiger partial charge in [-0.2, -0.15) is 0 Å². The maximum Gasteiger partial charge on any atom is 0.118 e. The van der Waals surface area contributed by atoms with Crippen LogP contribution in [0.4, 0.5) is 0 Å². The lowest BCUT2D eigenvalue weighted by atomic mass is 10.1. The Balaban J connectivity index is 1.70. The van der Waals surface area contributed by atoms with E-state index in [-0.39, 0.29) is 0 Å². The number of nitrogens with two attached hydrogens (primary N) is 1. The average Bonchev–Trinajstić information content (AvgIpc) is 2.76. The number of likely N-dealkylation sites (tertiary alicyclic amines) is 1. The van der Waals surface area contributed by atoms with Gasteiger partial charge in [0.15, 0.2) is 0 Å². The number of hydrogen-bond donors (Lipinski definition) is 1. The Hall–Kier alpha value is -1.06. The van der Waals surface area contributed by atoms with Gasteiger partial charge in [-0.15, -0.1) is 0 Å². The zero-order valence-corrected chi connectivity index (χ0v) is 10.6. The lowest BCUT2D eigenvalue weighted by Gasteiger charge is -2.14. The van der Waals surface area contributed by atoms with Crippen molar-refractivity contribution in [2.45, 2.75) is 25.3 Å². The molecule has 0 saturated carbocycles. The van der Waals surface area contributed by atoms with Gasteiger partial charge in [-0.1, -0.05) is 12.1 Å². The molecule has 1 aromatic carbocycles. The van der Waals surface area contributed by atoms with Crippen LogP contribution in [0.1, 0.15) is 18.4 Å². The van der Waals surface area contributed by atoms with Crippen LogP contribution in [0.2, 0.25) is 0 Å². The van der Waals surface area contributed by atoms with Gasteiger partial charge in [-0.05, 0) is 50.0 Å². The summed E-state index contributed by atoms with van der Waals surface area (Å²) in [7, 11) is 1.70. The maximum absolute atomic E-state index is 5.88. The van der Waals surface area contributed by atoms with Crippen molar-refractivity contribution in [3.05, 3.63) is 29.8 Å². The highest BCUT2D eigenvalue weighted by Crippen LogP contribution is 2.13. The molecule has 1 aliphatic heterocycles. The third-order valence-electron chi connectivity index (χ3n) is 3.41. The van der Waals surface area contributed by atoms with Crippen molar-refractivity contribution in [1.29, 1.82) is 0 Å². The molecule has 1 heterocycles. The topological polar surface area (TPSA) is 38.5 Å². The Kier molecular flexibility index (Phi) is 4.40. The fourth-order valence-corrected chi connectivity index (χ4v) is 2.36. The van der Waals surface area contributed by atoms with Crippen molar-refractivity contribution in [2.24, 2.45) is 5.73 Å². The first kappa shape index (κ1) is 12.4. The fraction of sp³-hybridized carbons (Fsp3) is 0.571. The van der Waals surface area contributed by atoms with Crippen molar-refractivity contribution < 1.29 is 4.74 Å². The Morgan fingerprint density at radius 3 is 2.71 bits per heavy atom. The van der Waals surface area contributed by atoms with Crippen LogP contribution in [0.3, 0.4) is 0 Å². The molecule has 2 rings (SSSR count). The van der Waals surface area contributed by atoms with E-state index in [1.54, 1.807) is 7.11 Å². The van der Waals surface area contributed by atoms with Gasteiger partial charge in [0.2, 0.25) is 0 Å². The zero-order valence-electron chi connectivity index (χ0n) is 10.6. The number of hydrogen-bond acceptors (Lipinski definition) is 3. The normalized spacial score (nSPS) is 20.7. The summed E-state index contributed by atoms with van der Waals surface area (Å²) in [6.45, 7) is 3.41. The number of methoxy groups -OCH3 is 1. The SMILES string of the molecule is COc1ccc(CCCN2CC[C@H](N)C2)cc1. The van der Waals surface area contributed by atoms with E-state index in [2.05, 4.69) is 17.0 Å². The molecule has 0 unspecified atom stereocenters. The second kappa shape index (κ2) is 6.03. The van der Waals surface area contributed by atoms with Gasteiger partial charge < -0.3 is 15.4 Å². The first-order valence-corrected chi connectivity index (χ1v) is 6.39. The molecule has 1 aromatic rings. The average molecular weight is 234 g/mol. The summed E-state index contributed by atoms with van der Waals surface area (Å²) in [5, 5.41) is 0. The van der Waals surface area contributed by atoms with Gasteiger partial charge >= 0.3 is 0 Å². The van der Waals surface area contributed by atoms with Gasteiger partial charge in [0.25, 0.3) is 0 Å². The van der Waals surface area contributed by atoms with E-state index in [1.165, 1.54) is 25.1 Å². The second-order valence-electron chi connectivity index (χ2n) is 4.80. The van der Waals surface area contributed by atoms with Gasteiger partial charge in [0, 0.05) is 12.6 Å². The molecular weight excluding hydrogens is 212 g/mol. The molecule has 1 atom stereocenters. The molecule has 0 spiro atoms. The monoisotopic (exact) mass is 234 g/mol. The quantitative estimate of drug-likeness (QED) is 0.842. The molecular formula is C14H22N2O. The minimum atomic E-state index is 0.399. The lowest BCUT2D eigenvalue weighted by molar-refractivity contribution is 0.329. The third-order valence-corrected chi connectivity index (χ3v) is 3.41. The number of aryl methyl sites for hydroxylation is 1. The standard InChI is InChI=1S/C14H22N2O/c1-17-14-6-4-12(5-7-14)3-2-9-16-10-8-13(15)11-16/h4-7,13H,2-3,8-11,15H2,1H3/t13-/m0/s1. The first-order valence-electron chi connectivity index (χ1n) is 6.39. The summed E-state index contributed by atoms with van der Waals surface area (Å²) in [5.74, 6) is 0.930. The predicted molar refractivity (Wildman–Crippen MR) is 70.3 cm³/mol. The Morgan fingerprint density at radius 2 is 2.12 bits per heavy atom. The summed E-state index contributed by atoms with van der Waals surface area (Å²) < 4.78 is 5.14. The Labute approximate surface area is 104 Å². The van der Waals surface area contributed by atoms with Crippen LogP contribution in [-0.4, -0.2) is 37.7 Å². The largest absolute Gasteiger partial charge is 0.497 e. The molecule has 0 radical (unpaired) electrons. The van der Waals surface area contributed by atoms with Gasteiger partial charge in [0.1, 0.15) is 5.75 Å². The van der Waals surface area contributed by atoms with Gasteiger partial charge in [-0.3, -0.25) is 0 Å². The zero-order chi connectivity index (χ0) is 12.1. The molecule has 1 saturated heterocycles. The van der Waals surface area contributed by atoms with E-state index in [0.29, 0.717) is 6.04 Å². The van der Waals surface area contributed by atoms with Crippen molar-refractivity contribution in [3.8, 4) is 5.75 Å². The van der Waals surface area contributed by atoms with Crippen molar-refractivity contribution in [2.75, 3.05) is 26.7 Å². The third kappa shape index (κ3) is 3.72. The smallest absolute Gasteiger partial charge is 0.118 e. The Morgan fingerprint density at radius 1 is 1.35 bits per heavy atom. The van der Waals surface area contributed by atoms with Gasteiger partial charge in [0.05, 0.1) is 7.11 Å². The highest BCUT2D eigenvalue weighted by Gasteiger charge is 2.17. The van der Waals surface area contributed by atoms with E-state index in [1.807, 2.05) is 12.1 Å². The molecule has 0 bridgehead atoms. The molecule has 3 nitrogen and oxygen atoms in total. The van der Waals surface area contributed by atoms with Crippen LogP contribution in [0.15, 0.2) is 24.3 Å². The number of nitrogens with zero attached hydrogens (tertiary/aromatic N) is 1. The molecule has 0 amide bonds. The first-order chi connectivity index (χ1) is 8.28. The highest BCUT2D eigenvalue weighted by molar-refractivity contribution is 5.27. The molecule has 0 aromatic heterocycles. The fourth-order valence-electron chi connectivity index (χ4n) is 2.36. The summed E-state index contributed by atoms with van der Waals surface area (Å²) >= 11 is 0.